The molecule has 0 radical (unpaired) electrons. The smallest absolute Gasteiger partial charge is 0.178 e. The average molecular weight is 254 g/mol. The van der Waals surface area contributed by atoms with E-state index in [0.29, 0.717) is 11.5 Å². The van der Waals surface area contributed by atoms with Crippen LogP contribution in [0.15, 0.2) is 29.7 Å². The maximum absolute atomic E-state index is 11.3. The minimum Gasteiger partial charge on any atom is -0.390 e. The van der Waals surface area contributed by atoms with Crippen LogP contribution in [0.2, 0.25) is 0 Å². The molecule has 0 unspecified atom stereocenters. The van der Waals surface area contributed by atoms with Crippen molar-refractivity contribution in [2.75, 3.05) is 6.26 Å². The van der Waals surface area contributed by atoms with Gasteiger partial charge in [-0.2, -0.15) is 5.10 Å². The van der Waals surface area contributed by atoms with Gasteiger partial charge in [-0.05, 0) is 0 Å². The predicted molar refractivity (Wildman–Crippen MR) is 58.2 cm³/mol. The Balaban J connectivity index is 2.37. The van der Waals surface area contributed by atoms with E-state index in [0.717, 1.165) is 6.26 Å². The first-order valence-corrected chi connectivity index (χ1v) is 6.57. The Bertz CT molecular complexity index is 618. The summed E-state index contributed by atoms with van der Waals surface area (Å²) in [5.41, 5.74) is 0.434. The molecule has 0 saturated heterocycles. The number of sulfone groups is 1. The van der Waals surface area contributed by atoms with Crippen molar-refractivity contribution in [3.63, 3.8) is 0 Å². The van der Waals surface area contributed by atoms with E-state index in [4.69, 9.17) is 5.11 Å². The highest BCUT2D eigenvalue weighted by molar-refractivity contribution is 7.90. The summed E-state index contributed by atoms with van der Waals surface area (Å²) >= 11 is 0. The first-order valence-electron chi connectivity index (χ1n) is 4.67. The van der Waals surface area contributed by atoms with Crippen LogP contribution in [0.5, 0.6) is 0 Å². The van der Waals surface area contributed by atoms with Gasteiger partial charge in [0.1, 0.15) is 4.90 Å². The van der Waals surface area contributed by atoms with Crippen molar-refractivity contribution in [3.05, 3.63) is 30.5 Å². The van der Waals surface area contributed by atoms with Crippen LogP contribution < -0.4 is 0 Å². The van der Waals surface area contributed by atoms with Crippen molar-refractivity contribution in [2.24, 2.45) is 0 Å². The predicted octanol–water partition coefficient (Wildman–Crippen LogP) is -0.442. The van der Waals surface area contributed by atoms with E-state index in [-0.39, 0.29) is 11.5 Å². The van der Waals surface area contributed by atoms with Crippen molar-refractivity contribution in [1.82, 2.24) is 19.7 Å². The number of hydrogen-bond donors (Lipinski definition) is 1. The van der Waals surface area contributed by atoms with Gasteiger partial charge in [0.25, 0.3) is 0 Å². The maximum atomic E-state index is 11.3. The van der Waals surface area contributed by atoms with E-state index >= 15 is 0 Å². The second-order valence-electron chi connectivity index (χ2n) is 3.42. The number of aliphatic hydroxyl groups is 1. The lowest BCUT2D eigenvalue weighted by molar-refractivity contribution is 0.276. The first-order chi connectivity index (χ1) is 8.00. The molecule has 0 saturated carbocycles. The van der Waals surface area contributed by atoms with Crippen LogP contribution in [0.3, 0.4) is 0 Å². The molecule has 0 amide bonds. The molecule has 1 N–H and O–H groups in total. The molecular formula is C9H10N4O3S. The fourth-order valence-electron chi connectivity index (χ4n) is 1.17. The van der Waals surface area contributed by atoms with Crippen LogP contribution in [0, 0.1) is 0 Å². The van der Waals surface area contributed by atoms with Crippen molar-refractivity contribution >= 4 is 9.84 Å². The minimum atomic E-state index is -3.27. The molecule has 0 aromatic carbocycles. The van der Waals surface area contributed by atoms with E-state index in [9.17, 15) is 8.42 Å². The van der Waals surface area contributed by atoms with E-state index in [1.807, 2.05) is 0 Å². The van der Waals surface area contributed by atoms with Crippen LogP contribution in [-0.4, -0.2) is 39.5 Å². The molecule has 0 aliphatic heterocycles. The van der Waals surface area contributed by atoms with Crippen LogP contribution >= 0.6 is 0 Å². The standard InChI is InChI=1S/C9H10N4O3S/c1-17(15,16)8-3-12-13(5-8)9-4-10-7(6-14)2-11-9/h2-5,14H,6H2,1H3. The van der Waals surface area contributed by atoms with E-state index in [1.54, 1.807) is 0 Å². The highest BCUT2D eigenvalue weighted by atomic mass is 32.2. The monoisotopic (exact) mass is 254 g/mol. The van der Waals surface area contributed by atoms with Gasteiger partial charge in [-0.3, -0.25) is 4.98 Å². The van der Waals surface area contributed by atoms with Crippen molar-refractivity contribution in [1.29, 1.82) is 0 Å². The van der Waals surface area contributed by atoms with Gasteiger partial charge in [0.05, 0.1) is 37.1 Å². The Morgan fingerprint density at radius 1 is 1.29 bits per heavy atom. The molecule has 0 aliphatic carbocycles. The third kappa shape index (κ3) is 2.48. The van der Waals surface area contributed by atoms with Crippen molar-refractivity contribution in [3.8, 4) is 5.82 Å². The van der Waals surface area contributed by atoms with E-state index < -0.39 is 9.84 Å². The van der Waals surface area contributed by atoms with E-state index in [1.165, 1.54) is 29.5 Å². The number of aliphatic hydroxyl groups excluding tert-OH is 1. The SMILES string of the molecule is CS(=O)(=O)c1cnn(-c2cnc(CO)cn2)c1. The number of nitrogens with zero attached hydrogens (tertiary/aromatic N) is 4. The molecule has 17 heavy (non-hydrogen) atoms. The van der Waals surface area contributed by atoms with Gasteiger partial charge in [0.2, 0.25) is 0 Å². The molecule has 0 spiro atoms. The lowest BCUT2D eigenvalue weighted by atomic mass is 10.5. The zero-order valence-corrected chi connectivity index (χ0v) is 9.79. The summed E-state index contributed by atoms with van der Waals surface area (Å²) in [7, 11) is -3.27. The van der Waals surface area contributed by atoms with Gasteiger partial charge in [0, 0.05) is 6.26 Å². The quantitative estimate of drug-likeness (QED) is 0.797. The Kier molecular flexibility index (Phi) is 2.90. The third-order valence-electron chi connectivity index (χ3n) is 2.08. The van der Waals surface area contributed by atoms with Gasteiger partial charge in [0.15, 0.2) is 15.7 Å². The fraction of sp³-hybridized carbons (Fsp3) is 0.222. The largest absolute Gasteiger partial charge is 0.390 e. The fourth-order valence-corrected chi connectivity index (χ4v) is 1.70. The molecule has 7 nitrogen and oxygen atoms in total. The Morgan fingerprint density at radius 2 is 2.06 bits per heavy atom. The van der Waals surface area contributed by atoms with Gasteiger partial charge >= 0.3 is 0 Å². The molecule has 0 bridgehead atoms. The molecule has 90 valence electrons. The lowest BCUT2D eigenvalue weighted by Crippen LogP contribution is -2.01. The summed E-state index contributed by atoms with van der Waals surface area (Å²) in [6, 6.07) is 0. The van der Waals surface area contributed by atoms with Gasteiger partial charge in [-0.15, -0.1) is 0 Å². The minimum absolute atomic E-state index is 0.116. The molecule has 0 fully saturated rings. The van der Waals surface area contributed by atoms with Crippen LogP contribution in [0.25, 0.3) is 5.82 Å². The summed E-state index contributed by atoms with van der Waals surface area (Å²) in [5, 5.41) is 12.7. The van der Waals surface area contributed by atoms with Gasteiger partial charge in [-0.1, -0.05) is 0 Å². The number of hydrogen-bond acceptors (Lipinski definition) is 6. The highest BCUT2D eigenvalue weighted by Crippen LogP contribution is 2.09. The normalized spacial score (nSPS) is 11.6. The summed E-state index contributed by atoms with van der Waals surface area (Å²) in [4.78, 5) is 8.04. The maximum Gasteiger partial charge on any atom is 0.178 e. The topological polar surface area (TPSA) is 98.0 Å². The second-order valence-corrected chi connectivity index (χ2v) is 5.43. The summed E-state index contributed by atoms with van der Waals surface area (Å²) < 4.78 is 23.8. The zero-order valence-electron chi connectivity index (χ0n) is 8.98. The average Bonchev–Trinajstić information content (AvgIpc) is 2.78. The van der Waals surface area contributed by atoms with Crippen molar-refractivity contribution < 1.29 is 13.5 Å². The molecular weight excluding hydrogens is 244 g/mol. The second kappa shape index (κ2) is 4.22. The zero-order chi connectivity index (χ0) is 12.5. The Labute approximate surface area is 97.7 Å². The molecule has 8 heteroatoms. The third-order valence-corrected chi connectivity index (χ3v) is 3.14. The Hall–Kier alpha value is -1.80. The van der Waals surface area contributed by atoms with Gasteiger partial charge in [-0.25, -0.2) is 18.1 Å². The molecule has 2 aromatic rings. The molecule has 2 rings (SSSR count). The molecule has 0 aliphatic rings. The summed E-state index contributed by atoms with van der Waals surface area (Å²) in [6.07, 6.45) is 6.52. The molecule has 2 aromatic heterocycles. The van der Waals surface area contributed by atoms with Crippen molar-refractivity contribution in [2.45, 2.75) is 11.5 Å². The Morgan fingerprint density at radius 3 is 2.53 bits per heavy atom. The highest BCUT2D eigenvalue weighted by Gasteiger charge is 2.11. The summed E-state index contributed by atoms with van der Waals surface area (Å²) in [5.74, 6) is 0.386. The van der Waals surface area contributed by atoms with Gasteiger partial charge < -0.3 is 5.11 Å². The number of aromatic nitrogens is 4. The first kappa shape index (κ1) is 11.7. The van der Waals surface area contributed by atoms with Crippen LogP contribution in [0.1, 0.15) is 5.69 Å². The lowest BCUT2D eigenvalue weighted by Gasteiger charge is -1.99. The summed E-state index contributed by atoms with van der Waals surface area (Å²) in [6.45, 7) is -0.193. The molecule has 2 heterocycles. The molecule has 0 atom stereocenters. The van der Waals surface area contributed by atoms with E-state index in [2.05, 4.69) is 15.1 Å². The number of rotatable bonds is 3. The van der Waals surface area contributed by atoms with Crippen LogP contribution in [-0.2, 0) is 16.4 Å². The van der Waals surface area contributed by atoms with Crippen LogP contribution in [0.4, 0.5) is 0 Å².